The van der Waals surface area contributed by atoms with Gasteiger partial charge in [0.05, 0.1) is 11.3 Å². The van der Waals surface area contributed by atoms with Gasteiger partial charge in [-0.25, -0.2) is 4.98 Å². The lowest BCUT2D eigenvalue weighted by atomic mass is 9.94. The van der Waals surface area contributed by atoms with Crippen LogP contribution in [0.15, 0.2) is 29.6 Å². The Morgan fingerprint density at radius 3 is 2.46 bits per heavy atom. The maximum absolute atomic E-state index is 12.9. The number of carbonyl (C=O) groups excluding carboxylic acids is 2. The normalized spacial score (nSPS) is 12.9. The minimum atomic E-state index is -4.53. The predicted octanol–water partition coefficient (Wildman–Crippen LogP) is 3.40. The molecule has 1 aromatic heterocycles. The molecule has 2 N–H and O–H groups in total. The Labute approximate surface area is 152 Å². The van der Waals surface area contributed by atoms with Gasteiger partial charge in [-0.15, -0.1) is 11.3 Å². The van der Waals surface area contributed by atoms with Gasteiger partial charge in [-0.05, 0) is 11.6 Å². The fraction of sp³-hybridized carbons (Fsp3) is 0.353. The van der Waals surface area contributed by atoms with Crippen molar-refractivity contribution in [3.05, 3.63) is 46.5 Å². The maximum Gasteiger partial charge on any atom is 0.416 e. The largest absolute Gasteiger partial charge is 0.416 e. The van der Waals surface area contributed by atoms with Crippen molar-refractivity contribution in [3.8, 4) is 0 Å². The average molecular weight is 385 g/mol. The van der Waals surface area contributed by atoms with Crippen molar-refractivity contribution in [3.63, 3.8) is 0 Å². The molecular formula is C17H18F3N3O2S. The monoisotopic (exact) mass is 385 g/mol. The van der Waals surface area contributed by atoms with Crippen LogP contribution in [-0.4, -0.2) is 23.8 Å². The highest BCUT2D eigenvalue weighted by Gasteiger charge is 2.32. The molecular weight excluding hydrogens is 367 g/mol. The van der Waals surface area contributed by atoms with E-state index in [4.69, 9.17) is 5.73 Å². The molecule has 0 saturated carbocycles. The van der Waals surface area contributed by atoms with E-state index in [2.05, 4.69) is 4.98 Å². The molecule has 0 aliphatic heterocycles. The molecule has 0 aliphatic rings. The molecule has 1 heterocycles. The standard InChI is InChI=1S/C17H18F3N3O2S/c1-9(2)15(25)23(3)16-22-12(8-26-16)13(14(21)24)10-5-4-6-11(7-10)17(18,19)20/h4-9,13H,1-3H3,(H2,21,24). The SMILES string of the molecule is CC(C)C(=O)N(C)c1nc(C(C(N)=O)c2cccc(C(F)(F)F)c2)cs1. The lowest BCUT2D eigenvalue weighted by Gasteiger charge is -2.17. The third-order valence-electron chi connectivity index (χ3n) is 3.75. The molecule has 2 rings (SSSR count). The number of hydrogen-bond donors (Lipinski definition) is 1. The summed E-state index contributed by atoms with van der Waals surface area (Å²) in [6.45, 7) is 3.48. The van der Waals surface area contributed by atoms with Crippen LogP contribution in [0.3, 0.4) is 0 Å². The molecule has 1 aromatic carbocycles. The van der Waals surface area contributed by atoms with E-state index in [1.165, 1.54) is 22.4 Å². The van der Waals surface area contributed by atoms with E-state index in [1.807, 2.05) is 0 Å². The maximum atomic E-state index is 12.9. The summed E-state index contributed by atoms with van der Waals surface area (Å²) in [7, 11) is 1.55. The average Bonchev–Trinajstić information content (AvgIpc) is 3.02. The summed E-state index contributed by atoms with van der Waals surface area (Å²) in [6.07, 6.45) is -4.53. The highest BCUT2D eigenvalue weighted by Crippen LogP contribution is 2.34. The third kappa shape index (κ3) is 4.21. The van der Waals surface area contributed by atoms with Crippen molar-refractivity contribution in [2.45, 2.75) is 25.9 Å². The van der Waals surface area contributed by atoms with Crippen LogP contribution in [0.1, 0.15) is 36.6 Å². The second-order valence-electron chi connectivity index (χ2n) is 6.07. The first-order valence-electron chi connectivity index (χ1n) is 7.71. The van der Waals surface area contributed by atoms with Crippen LogP contribution in [-0.2, 0) is 15.8 Å². The number of anilines is 1. The van der Waals surface area contributed by atoms with Crippen molar-refractivity contribution in [1.29, 1.82) is 0 Å². The summed E-state index contributed by atoms with van der Waals surface area (Å²) >= 11 is 1.12. The molecule has 0 spiro atoms. The van der Waals surface area contributed by atoms with Crippen molar-refractivity contribution < 1.29 is 22.8 Å². The fourth-order valence-electron chi connectivity index (χ4n) is 2.42. The molecule has 5 nitrogen and oxygen atoms in total. The van der Waals surface area contributed by atoms with Crippen LogP contribution in [0.2, 0.25) is 0 Å². The number of rotatable bonds is 5. The molecule has 0 fully saturated rings. The Bertz CT molecular complexity index is 818. The zero-order valence-electron chi connectivity index (χ0n) is 14.4. The molecule has 0 aliphatic carbocycles. The van der Waals surface area contributed by atoms with E-state index < -0.39 is 23.6 Å². The molecule has 9 heteroatoms. The van der Waals surface area contributed by atoms with Gasteiger partial charge in [-0.1, -0.05) is 32.0 Å². The molecule has 2 amide bonds. The van der Waals surface area contributed by atoms with Gasteiger partial charge in [0.25, 0.3) is 0 Å². The van der Waals surface area contributed by atoms with Gasteiger partial charge in [-0.2, -0.15) is 13.2 Å². The van der Waals surface area contributed by atoms with Gasteiger partial charge in [0.15, 0.2) is 5.13 Å². The van der Waals surface area contributed by atoms with Crippen LogP contribution in [0.4, 0.5) is 18.3 Å². The number of thiazole rings is 1. The number of aromatic nitrogens is 1. The summed E-state index contributed by atoms with van der Waals surface area (Å²) in [5.74, 6) is -2.37. The van der Waals surface area contributed by atoms with Gasteiger partial charge < -0.3 is 5.73 Å². The number of primary amides is 1. The van der Waals surface area contributed by atoms with Gasteiger partial charge in [-0.3, -0.25) is 14.5 Å². The summed E-state index contributed by atoms with van der Waals surface area (Å²) in [5, 5.41) is 1.87. The van der Waals surface area contributed by atoms with Crippen molar-refractivity contribution in [2.24, 2.45) is 11.7 Å². The second-order valence-corrected chi connectivity index (χ2v) is 6.90. The molecule has 0 bridgehead atoms. The highest BCUT2D eigenvalue weighted by molar-refractivity contribution is 7.14. The number of nitrogens with two attached hydrogens (primary N) is 1. The second kappa shape index (κ2) is 7.45. The van der Waals surface area contributed by atoms with Crippen LogP contribution in [0, 0.1) is 5.92 Å². The summed E-state index contributed by atoms with van der Waals surface area (Å²) in [4.78, 5) is 29.6. The Balaban J connectivity index is 2.41. The number of amides is 2. The quantitative estimate of drug-likeness (QED) is 0.857. The minimum Gasteiger partial charge on any atom is -0.369 e. The number of alkyl halides is 3. The Hall–Kier alpha value is -2.42. The Morgan fingerprint density at radius 1 is 1.27 bits per heavy atom. The highest BCUT2D eigenvalue weighted by atomic mass is 32.1. The van der Waals surface area contributed by atoms with E-state index in [1.54, 1.807) is 20.9 Å². The molecule has 2 aromatic rings. The van der Waals surface area contributed by atoms with Crippen molar-refractivity contribution in [1.82, 2.24) is 4.98 Å². The van der Waals surface area contributed by atoms with Crippen LogP contribution in [0.5, 0.6) is 0 Å². The lowest BCUT2D eigenvalue weighted by Crippen LogP contribution is -2.30. The van der Waals surface area contributed by atoms with E-state index in [-0.39, 0.29) is 23.1 Å². The van der Waals surface area contributed by atoms with Crippen molar-refractivity contribution >= 4 is 28.3 Å². The topological polar surface area (TPSA) is 76.3 Å². The summed E-state index contributed by atoms with van der Waals surface area (Å²) in [5.41, 5.74) is 4.85. The van der Waals surface area contributed by atoms with E-state index in [9.17, 15) is 22.8 Å². The number of carbonyl (C=O) groups is 2. The van der Waals surface area contributed by atoms with Crippen LogP contribution in [0.25, 0.3) is 0 Å². The summed E-state index contributed by atoms with van der Waals surface area (Å²) < 4.78 is 38.8. The smallest absolute Gasteiger partial charge is 0.369 e. The van der Waals surface area contributed by atoms with Gasteiger partial charge in [0.1, 0.15) is 5.92 Å². The molecule has 140 valence electrons. The van der Waals surface area contributed by atoms with E-state index >= 15 is 0 Å². The first-order valence-corrected chi connectivity index (χ1v) is 8.59. The van der Waals surface area contributed by atoms with Gasteiger partial charge in [0, 0.05) is 18.3 Å². The molecule has 1 unspecified atom stereocenters. The first-order chi connectivity index (χ1) is 12.0. The number of halogens is 3. The van der Waals surface area contributed by atoms with E-state index in [0.29, 0.717) is 5.13 Å². The number of nitrogens with zero attached hydrogens (tertiary/aromatic N) is 2. The molecule has 26 heavy (non-hydrogen) atoms. The zero-order chi connectivity index (χ0) is 19.6. The number of hydrogen-bond acceptors (Lipinski definition) is 4. The first kappa shape index (κ1) is 19.9. The zero-order valence-corrected chi connectivity index (χ0v) is 15.2. The number of benzene rings is 1. The molecule has 0 radical (unpaired) electrons. The van der Waals surface area contributed by atoms with Crippen LogP contribution >= 0.6 is 11.3 Å². The van der Waals surface area contributed by atoms with Gasteiger partial charge >= 0.3 is 6.18 Å². The minimum absolute atomic E-state index is 0.0991. The van der Waals surface area contributed by atoms with E-state index in [0.717, 1.165) is 23.5 Å². The molecule has 1 atom stereocenters. The summed E-state index contributed by atoms with van der Waals surface area (Å²) in [6, 6.07) is 4.42. The molecule has 0 saturated heterocycles. The lowest BCUT2D eigenvalue weighted by molar-refractivity contribution is -0.137. The van der Waals surface area contributed by atoms with Crippen molar-refractivity contribution in [2.75, 3.05) is 11.9 Å². The Kier molecular flexibility index (Phi) is 5.70. The Morgan fingerprint density at radius 2 is 1.92 bits per heavy atom. The predicted molar refractivity (Wildman–Crippen MR) is 92.8 cm³/mol. The fourth-order valence-corrected chi connectivity index (χ4v) is 3.24. The van der Waals surface area contributed by atoms with Gasteiger partial charge in [0.2, 0.25) is 11.8 Å². The van der Waals surface area contributed by atoms with Crippen LogP contribution < -0.4 is 10.6 Å². The third-order valence-corrected chi connectivity index (χ3v) is 4.68.